The second-order valence-corrected chi connectivity index (χ2v) is 4.92. The van der Waals surface area contributed by atoms with Crippen molar-refractivity contribution in [2.24, 2.45) is 0 Å². The fourth-order valence-corrected chi connectivity index (χ4v) is 2.28. The van der Waals surface area contributed by atoms with Gasteiger partial charge in [0.1, 0.15) is 5.60 Å². The van der Waals surface area contributed by atoms with Crippen molar-refractivity contribution in [3.05, 3.63) is 32.7 Å². The number of hydrogen-bond donors (Lipinski definition) is 1. The van der Waals surface area contributed by atoms with Gasteiger partial charge >= 0.3 is 0 Å². The molecule has 0 aromatic heterocycles. The predicted octanol–water partition coefficient (Wildman–Crippen LogP) is 2.43. The Morgan fingerprint density at radius 2 is 2.00 bits per heavy atom. The van der Waals surface area contributed by atoms with E-state index in [1.807, 2.05) is 18.2 Å². The average molecular weight is 308 g/mol. The molecule has 0 bridgehead atoms. The highest BCUT2D eigenvalue weighted by atomic mass is 79.9. The molecule has 1 fully saturated rings. The molecule has 0 atom stereocenters. The van der Waals surface area contributed by atoms with E-state index in [2.05, 4.69) is 31.9 Å². The molecule has 1 aliphatic heterocycles. The Hall–Kier alpha value is 0.1000. The van der Waals surface area contributed by atoms with Crippen molar-refractivity contribution in [3.63, 3.8) is 0 Å². The first-order valence-corrected chi connectivity index (χ1v) is 5.46. The number of aliphatic hydroxyl groups is 1. The molecule has 0 saturated carbocycles. The van der Waals surface area contributed by atoms with Crippen LogP contribution in [-0.4, -0.2) is 18.3 Å². The molecule has 1 aliphatic rings. The Kier molecular flexibility index (Phi) is 2.49. The Morgan fingerprint density at radius 3 is 2.54 bits per heavy atom. The monoisotopic (exact) mass is 306 g/mol. The van der Waals surface area contributed by atoms with Crippen LogP contribution in [0.2, 0.25) is 0 Å². The summed E-state index contributed by atoms with van der Waals surface area (Å²) in [5.41, 5.74) is 0.0796. The minimum atomic E-state index is -0.803. The maximum absolute atomic E-state index is 10.0. The van der Waals surface area contributed by atoms with Crippen LogP contribution in [0.3, 0.4) is 0 Å². The molecule has 0 aliphatic carbocycles. The number of rotatable bonds is 1. The van der Waals surface area contributed by atoms with Crippen LogP contribution in [0.4, 0.5) is 0 Å². The quantitative estimate of drug-likeness (QED) is 0.863. The van der Waals surface area contributed by atoms with Crippen LogP contribution in [0, 0.1) is 0 Å². The van der Waals surface area contributed by atoms with Gasteiger partial charge in [-0.3, -0.25) is 0 Å². The minimum absolute atomic E-state index is 0.377. The second kappa shape index (κ2) is 3.35. The van der Waals surface area contributed by atoms with Gasteiger partial charge in [-0.2, -0.15) is 0 Å². The molecule has 2 rings (SSSR count). The molecule has 0 spiro atoms. The van der Waals surface area contributed by atoms with Crippen LogP contribution < -0.4 is 0 Å². The van der Waals surface area contributed by atoms with Gasteiger partial charge in [0, 0.05) is 14.5 Å². The molecule has 1 aromatic rings. The molecule has 1 heterocycles. The molecule has 1 aromatic carbocycles. The number of hydrogen-bond acceptors (Lipinski definition) is 2. The Balaban J connectivity index is 2.43. The van der Waals surface area contributed by atoms with Gasteiger partial charge in [-0.25, -0.2) is 0 Å². The minimum Gasteiger partial charge on any atom is -0.380 e. The Labute approximate surface area is 93.2 Å². The molecule has 13 heavy (non-hydrogen) atoms. The largest absolute Gasteiger partial charge is 0.380 e. The van der Waals surface area contributed by atoms with Crippen molar-refractivity contribution in [1.82, 2.24) is 0 Å². The molecule has 1 N–H and O–H groups in total. The lowest BCUT2D eigenvalue weighted by molar-refractivity contribution is -0.185. The van der Waals surface area contributed by atoms with E-state index in [9.17, 15) is 5.11 Å². The van der Waals surface area contributed by atoms with Crippen LogP contribution in [0.15, 0.2) is 27.1 Å². The summed E-state index contributed by atoms with van der Waals surface area (Å²) < 4.78 is 6.88. The first-order valence-electron chi connectivity index (χ1n) is 3.87. The number of halogens is 2. The zero-order chi connectivity index (χ0) is 9.47. The first-order chi connectivity index (χ1) is 6.12. The van der Waals surface area contributed by atoms with Crippen molar-refractivity contribution in [1.29, 1.82) is 0 Å². The zero-order valence-electron chi connectivity index (χ0n) is 6.76. The highest BCUT2D eigenvalue weighted by Crippen LogP contribution is 2.35. The van der Waals surface area contributed by atoms with Crippen molar-refractivity contribution in [2.45, 2.75) is 5.60 Å². The van der Waals surface area contributed by atoms with Gasteiger partial charge in [0.15, 0.2) is 0 Å². The van der Waals surface area contributed by atoms with Crippen LogP contribution >= 0.6 is 31.9 Å². The van der Waals surface area contributed by atoms with Crippen LogP contribution in [0.5, 0.6) is 0 Å². The SMILES string of the molecule is OC1(c2cc(Br)ccc2Br)COC1. The van der Waals surface area contributed by atoms with E-state index in [1.54, 1.807) is 0 Å². The third-order valence-electron chi connectivity index (χ3n) is 2.11. The third kappa shape index (κ3) is 1.68. The summed E-state index contributed by atoms with van der Waals surface area (Å²) in [6.07, 6.45) is 0. The maximum atomic E-state index is 10.0. The highest BCUT2D eigenvalue weighted by Gasteiger charge is 2.39. The Morgan fingerprint density at radius 1 is 1.31 bits per heavy atom. The fraction of sp³-hybridized carbons (Fsp3) is 0.333. The third-order valence-corrected chi connectivity index (χ3v) is 3.30. The molecule has 0 radical (unpaired) electrons. The summed E-state index contributed by atoms with van der Waals surface area (Å²) in [7, 11) is 0. The lowest BCUT2D eigenvalue weighted by Gasteiger charge is -2.37. The smallest absolute Gasteiger partial charge is 0.137 e. The fourth-order valence-electron chi connectivity index (χ4n) is 1.31. The van der Waals surface area contributed by atoms with Crippen LogP contribution in [0.25, 0.3) is 0 Å². The van der Waals surface area contributed by atoms with E-state index in [1.165, 1.54) is 0 Å². The highest BCUT2D eigenvalue weighted by molar-refractivity contribution is 9.11. The lowest BCUT2D eigenvalue weighted by Crippen LogP contribution is -2.46. The van der Waals surface area contributed by atoms with Gasteiger partial charge in [0.05, 0.1) is 13.2 Å². The van der Waals surface area contributed by atoms with E-state index in [-0.39, 0.29) is 0 Å². The van der Waals surface area contributed by atoms with E-state index in [4.69, 9.17) is 4.74 Å². The standard InChI is InChI=1S/C9H8Br2O2/c10-6-1-2-8(11)7(3-6)9(12)4-13-5-9/h1-3,12H,4-5H2. The normalized spacial score (nSPS) is 19.6. The van der Waals surface area contributed by atoms with Crippen molar-refractivity contribution in [3.8, 4) is 0 Å². The topological polar surface area (TPSA) is 29.5 Å². The summed E-state index contributed by atoms with van der Waals surface area (Å²) in [5, 5.41) is 10.0. The van der Waals surface area contributed by atoms with Crippen LogP contribution in [-0.2, 0) is 10.3 Å². The Bertz CT molecular complexity index is 334. The molecular formula is C9H8Br2O2. The van der Waals surface area contributed by atoms with Crippen molar-refractivity contribution in [2.75, 3.05) is 13.2 Å². The van der Waals surface area contributed by atoms with Gasteiger partial charge in [-0.1, -0.05) is 31.9 Å². The molecule has 2 nitrogen and oxygen atoms in total. The number of benzene rings is 1. The summed E-state index contributed by atoms with van der Waals surface area (Å²) in [6, 6.07) is 5.75. The van der Waals surface area contributed by atoms with Gasteiger partial charge in [0.25, 0.3) is 0 Å². The second-order valence-electron chi connectivity index (χ2n) is 3.15. The molecule has 0 unspecified atom stereocenters. The van der Waals surface area contributed by atoms with Gasteiger partial charge in [-0.15, -0.1) is 0 Å². The van der Waals surface area contributed by atoms with Crippen LogP contribution in [0.1, 0.15) is 5.56 Å². The predicted molar refractivity (Wildman–Crippen MR) is 56.6 cm³/mol. The van der Waals surface area contributed by atoms with E-state index < -0.39 is 5.60 Å². The summed E-state index contributed by atoms with van der Waals surface area (Å²) >= 11 is 6.77. The first kappa shape index (κ1) is 9.65. The van der Waals surface area contributed by atoms with E-state index >= 15 is 0 Å². The summed E-state index contributed by atoms with van der Waals surface area (Å²) in [5.74, 6) is 0. The van der Waals surface area contributed by atoms with Crippen molar-refractivity contribution >= 4 is 31.9 Å². The molecule has 70 valence electrons. The van der Waals surface area contributed by atoms with E-state index in [0.717, 1.165) is 14.5 Å². The van der Waals surface area contributed by atoms with Gasteiger partial charge in [-0.05, 0) is 18.2 Å². The lowest BCUT2D eigenvalue weighted by atomic mass is 9.92. The average Bonchev–Trinajstić information content (AvgIpc) is 2.05. The van der Waals surface area contributed by atoms with Crippen molar-refractivity contribution < 1.29 is 9.84 Å². The summed E-state index contributed by atoms with van der Waals surface area (Å²) in [4.78, 5) is 0. The molecule has 1 saturated heterocycles. The molecule has 4 heteroatoms. The maximum Gasteiger partial charge on any atom is 0.137 e. The summed E-state index contributed by atoms with van der Waals surface area (Å²) in [6.45, 7) is 0.754. The molecule has 0 amide bonds. The van der Waals surface area contributed by atoms with E-state index in [0.29, 0.717) is 13.2 Å². The number of ether oxygens (including phenoxy) is 1. The molecular weight excluding hydrogens is 300 g/mol. The van der Waals surface area contributed by atoms with Gasteiger partial charge < -0.3 is 9.84 Å². The zero-order valence-corrected chi connectivity index (χ0v) is 9.93. The van der Waals surface area contributed by atoms with Gasteiger partial charge in [0.2, 0.25) is 0 Å².